The molecule has 11 nitrogen and oxygen atoms in total. The maximum atomic E-state index is 13.9. The number of rotatable bonds is 20. The molecule has 0 bridgehead atoms. The van der Waals surface area contributed by atoms with Crippen molar-refractivity contribution in [1.82, 2.24) is 19.8 Å². The van der Waals surface area contributed by atoms with Gasteiger partial charge in [-0.25, -0.2) is 12.7 Å². The Labute approximate surface area is 294 Å². The van der Waals surface area contributed by atoms with Crippen molar-refractivity contribution in [3.8, 4) is 12.3 Å². The van der Waals surface area contributed by atoms with Gasteiger partial charge in [-0.3, -0.25) is 14.5 Å². The molecule has 4 N–H and O–H groups in total. The predicted molar refractivity (Wildman–Crippen MR) is 192 cm³/mol. The molecule has 1 aliphatic heterocycles. The quantitative estimate of drug-likeness (QED) is 0.152. The first kappa shape index (κ1) is 40.9. The molecule has 5 atom stereocenters. The smallest absolute Gasteiger partial charge is 0.243 e. The Balaban J connectivity index is 1.73. The number of hydrogen-bond donors (Lipinski definition) is 4. The highest BCUT2D eigenvalue weighted by Crippen LogP contribution is 2.29. The first-order valence-electron chi connectivity index (χ1n) is 18.1. The van der Waals surface area contributed by atoms with Crippen molar-refractivity contribution in [2.45, 2.75) is 102 Å². The molecule has 1 saturated carbocycles. The van der Waals surface area contributed by atoms with Gasteiger partial charge in [-0.1, -0.05) is 76.3 Å². The molecule has 12 heteroatoms. The zero-order valence-corrected chi connectivity index (χ0v) is 30.6. The summed E-state index contributed by atoms with van der Waals surface area (Å²) in [6.45, 7) is 7.97. The molecule has 1 aromatic rings. The molecular weight excluding hydrogens is 644 g/mol. The van der Waals surface area contributed by atoms with E-state index in [4.69, 9.17) is 11.2 Å². The molecule has 0 spiro atoms. The summed E-state index contributed by atoms with van der Waals surface area (Å²) in [6.07, 6.45) is 10.3. The number of hydrogen-bond acceptors (Lipinski definition) is 8. The van der Waals surface area contributed by atoms with Crippen LogP contribution in [0.5, 0.6) is 0 Å². The lowest BCUT2D eigenvalue weighted by Gasteiger charge is -2.33. The molecule has 0 aromatic heterocycles. The van der Waals surface area contributed by atoms with Crippen molar-refractivity contribution >= 4 is 21.8 Å². The van der Waals surface area contributed by atoms with Gasteiger partial charge >= 0.3 is 0 Å². The molecular formula is C37H60N4O7S. The molecule has 2 aliphatic rings. The minimum absolute atomic E-state index is 0.120. The van der Waals surface area contributed by atoms with E-state index in [1.165, 1.54) is 11.4 Å². The second kappa shape index (κ2) is 21.0. The number of amides is 2. The average molecular weight is 705 g/mol. The highest BCUT2D eigenvalue weighted by atomic mass is 32.2. The molecule has 2 amide bonds. The summed E-state index contributed by atoms with van der Waals surface area (Å²) in [5.74, 6) is 0.333. The summed E-state index contributed by atoms with van der Waals surface area (Å²) in [6, 6.07) is 7.31. The minimum atomic E-state index is -3.83. The number of aliphatic hydroxyl groups is 2. The number of nitrogens with zero attached hydrogens (tertiary/aromatic N) is 2. The van der Waals surface area contributed by atoms with Crippen molar-refractivity contribution in [2.75, 3.05) is 52.2 Å². The molecule has 0 radical (unpaired) electrons. The number of morpholine rings is 1. The largest absolute Gasteiger partial charge is 0.390 e. The van der Waals surface area contributed by atoms with E-state index in [-0.39, 0.29) is 18.8 Å². The average Bonchev–Trinajstić information content (AvgIpc) is 3.08. The van der Waals surface area contributed by atoms with Crippen LogP contribution in [0.15, 0.2) is 30.3 Å². The third-order valence-corrected chi connectivity index (χ3v) is 11.7. The van der Waals surface area contributed by atoms with Crippen LogP contribution in [0.2, 0.25) is 0 Å². The van der Waals surface area contributed by atoms with Crippen LogP contribution in [0, 0.1) is 30.1 Å². The number of aliphatic hydroxyl groups excluding tert-OH is 2. The van der Waals surface area contributed by atoms with Crippen LogP contribution in [-0.2, 0) is 30.8 Å². The lowest BCUT2D eigenvalue weighted by molar-refractivity contribution is -0.132. The SMILES string of the molecule is C#CC[C@H](NC(=O)C(Cc1ccccc1)CS(=O)(=O)N(C)CCCN1CCOCC1)C(=O)N[C@@H](CC1CCCCC1)[C@@H](O)[C@@H](O)CC(C)C. The number of sulfonamides is 1. The molecule has 1 aliphatic carbocycles. The first-order chi connectivity index (χ1) is 23.4. The van der Waals surface area contributed by atoms with Crippen LogP contribution in [0.1, 0.15) is 77.2 Å². The van der Waals surface area contributed by atoms with E-state index in [1.807, 2.05) is 44.2 Å². The molecule has 49 heavy (non-hydrogen) atoms. The van der Waals surface area contributed by atoms with E-state index < -0.39 is 57.8 Å². The maximum Gasteiger partial charge on any atom is 0.243 e. The fraction of sp³-hybridized carbons (Fsp3) is 0.730. The Morgan fingerprint density at radius 3 is 2.37 bits per heavy atom. The highest BCUT2D eigenvalue weighted by molar-refractivity contribution is 7.89. The van der Waals surface area contributed by atoms with Crippen LogP contribution in [0.3, 0.4) is 0 Å². The third-order valence-electron chi connectivity index (χ3n) is 9.75. The molecule has 1 unspecified atom stereocenters. The van der Waals surface area contributed by atoms with Gasteiger partial charge < -0.3 is 25.6 Å². The lowest BCUT2D eigenvalue weighted by Crippen LogP contribution is -2.56. The zero-order chi connectivity index (χ0) is 35.8. The van der Waals surface area contributed by atoms with Crippen LogP contribution < -0.4 is 10.6 Å². The monoisotopic (exact) mass is 704 g/mol. The fourth-order valence-electron chi connectivity index (χ4n) is 6.84. The molecule has 1 aromatic carbocycles. The standard InChI is InChI=1S/C37H60N4O7S/c1-5-13-32(37(45)39-33(26-30-16-10-7-11-17-30)35(43)34(42)24-28(2)3)38-36(44)31(25-29-14-8-6-9-15-29)27-49(46,47)40(4)18-12-19-41-20-22-48-23-21-41/h1,6,8-9,14-15,28,30-35,42-43H,7,10-13,16-27H2,2-4H3,(H,38,44)(H,39,45)/t31?,32-,33-,34-,35+/m0/s1. The molecule has 2 fully saturated rings. The van der Waals surface area contributed by atoms with Gasteiger partial charge in [0.25, 0.3) is 0 Å². The topological polar surface area (TPSA) is 149 Å². The van der Waals surface area contributed by atoms with Crippen LogP contribution >= 0.6 is 0 Å². The molecule has 1 heterocycles. The van der Waals surface area contributed by atoms with E-state index in [2.05, 4.69) is 21.5 Å². The van der Waals surface area contributed by atoms with E-state index in [9.17, 15) is 28.2 Å². The van der Waals surface area contributed by atoms with Gasteiger partial charge in [0.15, 0.2) is 0 Å². The number of ether oxygens (including phenoxy) is 1. The van der Waals surface area contributed by atoms with Gasteiger partial charge in [0.2, 0.25) is 21.8 Å². The lowest BCUT2D eigenvalue weighted by atomic mass is 9.82. The van der Waals surface area contributed by atoms with Gasteiger partial charge in [0.1, 0.15) is 12.1 Å². The highest BCUT2D eigenvalue weighted by Gasteiger charge is 2.35. The summed E-state index contributed by atoms with van der Waals surface area (Å²) in [5, 5.41) is 27.7. The normalized spacial score (nSPS) is 19.5. The second-order valence-corrected chi connectivity index (χ2v) is 16.4. The third kappa shape index (κ3) is 14.3. The number of terminal acetylenes is 1. The number of benzene rings is 1. The molecule has 3 rings (SSSR count). The molecule has 276 valence electrons. The zero-order valence-electron chi connectivity index (χ0n) is 29.8. The Hall–Kier alpha value is -2.53. The maximum absolute atomic E-state index is 13.9. The predicted octanol–water partition coefficient (Wildman–Crippen LogP) is 2.56. The van der Waals surface area contributed by atoms with Gasteiger partial charge in [0.05, 0.1) is 37.0 Å². The number of carbonyl (C=O) groups excluding carboxylic acids is 2. The fourth-order valence-corrected chi connectivity index (χ4v) is 8.28. The minimum Gasteiger partial charge on any atom is -0.390 e. The second-order valence-electron chi connectivity index (χ2n) is 14.3. The van der Waals surface area contributed by atoms with Gasteiger partial charge in [-0.15, -0.1) is 12.3 Å². The number of nitrogens with one attached hydrogen (secondary N) is 2. The van der Waals surface area contributed by atoms with E-state index in [0.717, 1.165) is 57.3 Å². The van der Waals surface area contributed by atoms with Crippen molar-refractivity contribution in [3.05, 3.63) is 35.9 Å². The van der Waals surface area contributed by atoms with Crippen LogP contribution in [0.25, 0.3) is 0 Å². The summed E-state index contributed by atoms with van der Waals surface area (Å²) < 4.78 is 33.8. The Morgan fingerprint density at radius 1 is 1.06 bits per heavy atom. The first-order valence-corrected chi connectivity index (χ1v) is 19.7. The van der Waals surface area contributed by atoms with E-state index in [0.29, 0.717) is 44.9 Å². The summed E-state index contributed by atoms with van der Waals surface area (Å²) in [4.78, 5) is 29.9. The van der Waals surface area contributed by atoms with Gasteiger partial charge in [-0.2, -0.15) is 0 Å². The molecule has 1 saturated heterocycles. The van der Waals surface area contributed by atoms with Crippen LogP contribution in [0.4, 0.5) is 0 Å². The Bertz CT molecular complexity index is 1280. The van der Waals surface area contributed by atoms with Crippen molar-refractivity contribution in [3.63, 3.8) is 0 Å². The summed E-state index contributed by atoms with van der Waals surface area (Å²) in [7, 11) is -2.30. The van der Waals surface area contributed by atoms with E-state index in [1.54, 1.807) is 0 Å². The van der Waals surface area contributed by atoms with Crippen molar-refractivity contribution in [2.24, 2.45) is 17.8 Å². The van der Waals surface area contributed by atoms with E-state index >= 15 is 0 Å². The van der Waals surface area contributed by atoms with Gasteiger partial charge in [-0.05, 0) is 49.6 Å². The van der Waals surface area contributed by atoms with Crippen molar-refractivity contribution in [1.29, 1.82) is 0 Å². The Morgan fingerprint density at radius 2 is 1.73 bits per heavy atom. The number of carbonyl (C=O) groups is 2. The Kier molecular flexibility index (Phi) is 17.5. The summed E-state index contributed by atoms with van der Waals surface area (Å²) in [5.41, 5.74) is 0.792. The summed E-state index contributed by atoms with van der Waals surface area (Å²) >= 11 is 0. The van der Waals surface area contributed by atoms with Crippen LogP contribution in [-0.4, -0.2) is 116 Å². The van der Waals surface area contributed by atoms with Crippen molar-refractivity contribution < 1.29 is 33.0 Å². The van der Waals surface area contributed by atoms with Gasteiger partial charge in [0, 0.05) is 33.1 Å².